The predicted octanol–water partition coefficient (Wildman–Crippen LogP) is 3.43. The zero-order valence-corrected chi connectivity index (χ0v) is 13.8. The molecule has 0 unspecified atom stereocenters. The highest BCUT2D eigenvalue weighted by Crippen LogP contribution is 2.21. The van der Waals surface area contributed by atoms with Crippen LogP contribution in [0.1, 0.15) is 23.4 Å². The molecule has 0 saturated carbocycles. The number of amides is 1. The Morgan fingerprint density at radius 1 is 1.12 bits per heavy atom. The highest BCUT2D eigenvalue weighted by molar-refractivity contribution is 5.76. The number of aromatic nitrogens is 2. The molecule has 0 aliphatic carbocycles. The highest BCUT2D eigenvalue weighted by atomic mass is 19.1. The molecule has 128 valence electrons. The Balaban J connectivity index is 1.51. The fraction of sp³-hybridized carbons (Fsp3) is 0.211. The van der Waals surface area contributed by atoms with Crippen molar-refractivity contribution in [3.8, 4) is 11.5 Å². The molecule has 0 fully saturated rings. The van der Waals surface area contributed by atoms with Gasteiger partial charge in [-0.3, -0.25) is 4.79 Å². The molecule has 3 rings (SSSR count). The van der Waals surface area contributed by atoms with Crippen LogP contribution in [0.5, 0.6) is 0 Å². The minimum Gasteiger partial charge on any atom is -0.421 e. The first kappa shape index (κ1) is 16.8. The van der Waals surface area contributed by atoms with Gasteiger partial charge in [-0.1, -0.05) is 42.0 Å². The predicted molar refractivity (Wildman–Crippen MR) is 91.0 cm³/mol. The van der Waals surface area contributed by atoms with Gasteiger partial charge in [-0.2, -0.15) is 0 Å². The summed E-state index contributed by atoms with van der Waals surface area (Å²) in [6.07, 6.45) is 0.534. The summed E-state index contributed by atoms with van der Waals surface area (Å²) >= 11 is 0. The Morgan fingerprint density at radius 2 is 1.88 bits per heavy atom. The SMILES string of the molecule is Cc1ccc(CNC(=O)CCc2nnc(-c3ccccc3F)o2)cc1. The summed E-state index contributed by atoms with van der Waals surface area (Å²) < 4.78 is 19.1. The number of nitrogens with one attached hydrogen (secondary N) is 1. The number of hydrogen-bond donors (Lipinski definition) is 1. The minimum atomic E-state index is -0.423. The fourth-order valence-electron chi connectivity index (χ4n) is 2.31. The molecule has 3 aromatic rings. The summed E-state index contributed by atoms with van der Waals surface area (Å²) in [5.74, 6) is -0.100. The zero-order chi connectivity index (χ0) is 17.6. The van der Waals surface area contributed by atoms with Gasteiger partial charge in [0.05, 0.1) is 5.56 Å². The van der Waals surface area contributed by atoms with Crippen LogP contribution in [-0.4, -0.2) is 16.1 Å². The number of rotatable bonds is 6. The van der Waals surface area contributed by atoms with Crippen LogP contribution in [0.4, 0.5) is 4.39 Å². The first-order chi connectivity index (χ1) is 12.1. The largest absolute Gasteiger partial charge is 0.421 e. The van der Waals surface area contributed by atoms with Crippen molar-refractivity contribution in [1.82, 2.24) is 15.5 Å². The number of halogens is 1. The molecule has 0 radical (unpaired) electrons. The zero-order valence-electron chi connectivity index (χ0n) is 13.8. The number of aryl methyl sites for hydroxylation is 2. The van der Waals surface area contributed by atoms with Crippen molar-refractivity contribution >= 4 is 5.91 Å². The second-order valence-corrected chi connectivity index (χ2v) is 5.74. The average Bonchev–Trinajstić information content (AvgIpc) is 3.08. The van der Waals surface area contributed by atoms with Crippen molar-refractivity contribution in [1.29, 1.82) is 0 Å². The molecule has 1 amide bonds. The maximum atomic E-state index is 13.7. The first-order valence-corrected chi connectivity index (χ1v) is 8.01. The summed E-state index contributed by atoms with van der Waals surface area (Å²) in [4.78, 5) is 11.9. The van der Waals surface area contributed by atoms with Crippen molar-refractivity contribution in [3.63, 3.8) is 0 Å². The quantitative estimate of drug-likeness (QED) is 0.747. The standard InChI is InChI=1S/C19H18FN3O2/c1-13-6-8-14(9-7-13)12-21-17(24)10-11-18-22-23-19(25-18)15-4-2-3-5-16(15)20/h2-9H,10-12H2,1H3,(H,21,24). The van der Waals surface area contributed by atoms with Crippen LogP contribution in [0, 0.1) is 12.7 Å². The molecule has 5 nitrogen and oxygen atoms in total. The van der Waals surface area contributed by atoms with Gasteiger partial charge in [-0.05, 0) is 24.6 Å². The van der Waals surface area contributed by atoms with E-state index in [1.807, 2.05) is 31.2 Å². The van der Waals surface area contributed by atoms with Gasteiger partial charge in [-0.25, -0.2) is 4.39 Å². The van der Waals surface area contributed by atoms with E-state index in [1.165, 1.54) is 11.6 Å². The smallest absolute Gasteiger partial charge is 0.250 e. The van der Waals surface area contributed by atoms with Gasteiger partial charge in [0.1, 0.15) is 5.82 Å². The Morgan fingerprint density at radius 3 is 2.64 bits per heavy atom. The summed E-state index contributed by atoms with van der Waals surface area (Å²) in [5.41, 5.74) is 2.47. The maximum absolute atomic E-state index is 13.7. The lowest BCUT2D eigenvalue weighted by molar-refractivity contribution is -0.121. The number of carbonyl (C=O) groups is 1. The van der Waals surface area contributed by atoms with Crippen LogP contribution in [0.2, 0.25) is 0 Å². The molecule has 25 heavy (non-hydrogen) atoms. The van der Waals surface area contributed by atoms with Gasteiger partial charge in [0.15, 0.2) is 0 Å². The third kappa shape index (κ3) is 4.50. The third-order valence-corrected chi connectivity index (χ3v) is 3.75. The lowest BCUT2D eigenvalue weighted by Gasteiger charge is -2.04. The van der Waals surface area contributed by atoms with E-state index in [0.717, 1.165) is 5.56 Å². The van der Waals surface area contributed by atoms with Crippen LogP contribution >= 0.6 is 0 Å². The van der Waals surface area contributed by atoms with Gasteiger partial charge in [0.25, 0.3) is 5.89 Å². The molecule has 2 aromatic carbocycles. The van der Waals surface area contributed by atoms with Crippen molar-refractivity contribution in [2.24, 2.45) is 0 Å². The minimum absolute atomic E-state index is 0.105. The molecule has 6 heteroatoms. The first-order valence-electron chi connectivity index (χ1n) is 8.01. The molecule has 1 heterocycles. The topological polar surface area (TPSA) is 68.0 Å². The number of benzene rings is 2. The Hall–Kier alpha value is -3.02. The second kappa shape index (κ2) is 7.70. The molecule has 0 spiro atoms. The normalized spacial score (nSPS) is 10.6. The highest BCUT2D eigenvalue weighted by Gasteiger charge is 2.13. The van der Waals surface area contributed by atoms with E-state index in [4.69, 9.17) is 4.42 Å². The molecule has 1 aromatic heterocycles. The van der Waals surface area contributed by atoms with Crippen LogP contribution < -0.4 is 5.32 Å². The molecule has 0 aliphatic rings. The van der Waals surface area contributed by atoms with Gasteiger partial charge in [0.2, 0.25) is 11.8 Å². The second-order valence-electron chi connectivity index (χ2n) is 5.74. The van der Waals surface area contributed by atoms with Crippen molar-refractivity contribution in [2.45, 2.75) is 26.3 Å². The number of hydrogen-bond acceptors (Lipinski definition) is 4. The van der Waals surface area contributed by atoms with E-state index < -0.39 is 5.82 Å². The molecule has 0 atom stereocenters. The molecular formula is C19H18FN3O2. The van der Waals surface area contributed by atoms with Crippen LogP contribution in [0.3, 0.4) is 0 Å². The molecule has 0 bridgehead atoms. The van der Waals surface area contributed by atoms with Crippen molar-refractivity contribution < 1.29 is 13.6 Å². The monoisotopic (exact) mass is 339 g/mol. The van der Waals surface area contributed by atoms with E-state index in [1.54, 1.807) is 18.2 Å². The summed E-state index contributed by atoms with van der Waals surface area (Å²) in [7, 11) is 0. The lowest BCUT2D eigenvalue weighted by Crippen LogP contribution is -2.23. The number of nitrogens with zero attached hydrogens (tertiary/aromatic N) is 2. The van der Waals surface area contributed by atoms with Crippen LogP contribution in [-0.2, 0) is 17.8 Å². The van der Waals surface area contributed by atoms with E-state index >= 15 is 0 Å². The maximum Gasteiger partial charge on any atom is 0.250 e. The van der Waals surface area contributed by atoms with Gasteiger partial charge in [0, 0.05) is 19.4 Å². The van der Waals surface area contributed by atoms with E-state index in [0.29, 0.717) is 18.9 Å². The Labute approximate surface area is 144 Å². The summed E-state index contributed by atoms with van der Waals surface area (Å²) in [6, 6.07) is 14.2. The third-order valence-electron chi connectivity index (χ3n) is 3.75. The van der Waals surface area contributed by atoms with Crippen molar-refractivity contribution in [3.05, 3.63) is 71.4 Å². The Bertz CT molecular complexity index is 859. The summed E-state index contributed by atoms with van der Waals surface area (Å²) in [6.45, 7) is 2.49. The van der Waals surface area contributed by atoms with Crippen molar-refractivity contribution in [2.75, 3.05) is 0 Å². The van der Waals surface area contributed by atoms with Gasteiger partial charge < -0.3 is 9.73 Å². The lowest BCUT2D eigenvalue weighted by atomic mass is 10.1. The van der Waals surface area contributed by atoms with Gasteiger partial charge >= 0.3 is 0 Å². The van der Waals surface area contributed by atoms with Crippen LogP contribution in [0.25, 0.3) is 11.5 Å². The molecule has 0 aliphatic heterocycles. The van der Waals surface area contributed by atoms with Crippen LogP contribution in [0.15, 0.2) is 52.9 Å². The average molecular weight is 339 g/mol. The summed E-state index contributed by atoms with van der Waals surface area (Å²) in [5, 5.41) is 10.6. The molecule has 1 N–H and O–H groups in total. The van der Waals surface area contributed by atoms with E-state index in [2.05, 4.69) is 15.5 Å². The Kier molecular flexibility index (Phi) is 5.18. The van der Waals surface area contributed by atoms with E-state index in [-0.39, 0.29) is 23.8 Å². The molecule has 0 saturated heterocycles. The van der Waals surface area contributed by atoms with E-state index in [9.17, 15) is 9.18 Å². The van der Waals surface area contributed by atoms with Gasteiger partial charge in [-0.15, -0.1) is 10.2 Å². The number of carbonyl (C=O) groups excluding carboxylic acids is 1. The fourth-order valence-corrected chi connectivity index (χ4v) is 2.31. The molecular weight excluding hydrogens is 321 g/mol.